The van der Waals surface area contributed by atoms with Crippen molar-refractivity contribution in [2.75, 3.05) is 22.5 Å². The zero-order chi connectivity index (χ0) is 22.4. The van der Waals surface area contributed by atoms with E-state index in [1.54, 1.807) is 24.3 Å². The number of nitrogens with zero attached hydrogens (tertiary/aromatic N) is 1. The summed E-state index contributed by atoms with van der Waals surface area (Å²) in [7, 11) is -3.59. The van der Waals surface area contributed by atoms with Crippen LogP contribution >= 0.6 is 0 Å². The Kier molecular flexibility index (Phi) is 6.86. The molecule has 0 fully saturated rings. The first-order valence-electron chi connectivity index (χ1n) is 9.21. The van der Waals surface area contributed by atoms with Crippen molar-refractivity contribution in [1.82, 2.24) is 0 Å². The molecular weight excluding hydrogens is 426 g/mol. The van der Waals surface area contributed by atoms with Crippen molar-refractivity contribution in [3.8, 4) is 5.75 Å². The van der Waals surface area contributed by atoms with Gasteiger partial charge >= 0.3 is 0 Å². The summed E-state index contributed by atoms with van der Waals surface area (Å²) >= 11 is 0. The molecule has 0 heterocycles. The van der Waals surface area contributed by atoms with Gasteiger partial charge in [0.1, 0.15) is 17.4 Å². The maximum Gasteiger partial charge on any atom is 0.262 e. The lowest BCUT2D eigenvalue weighted by Crippen LogP contribution is -2.29. The largest absolute Gasteiger partial charge is 0.484 e. The number of nitrogens with one attached hydrogen (secondary N) is 1. The molecule has 0 radical (unpaired) electrons. The molecule has 0 atom stereocenters. The number of amides is 1. The van der Waals surface area contributed by atoms with Gasteiger partial charge in [0.15, 0.2) is 6.61 Å². The molecule has 6 nitrogen and oxygen atoms in total. The third-order valence-electron chi connectivity index (χ3n) is 4.26. The Morgan fingerprint density at radius 2 is 1.45 bits per heavy atom. The number of carbonyl (C=O) groups is 1. The Bertz CT molecular complexity index is 1130. The third-order valence-corrected chi connectivity index (χ3v) is 5.40. The maximum atomic E-state index is 13.1. The highest BCUT2D eigenvalue weighted by atomic mass is 32.2. The van der Waals surface area contributed by atoms with Crippen LogP contribution in [0.3, 0.4) is 0 Å². The second kappa shape index (κ2) is 9.57. The van der Waals surface area contributed by atoms with Crippen LogP contribution in [0.2, 0.25) is 0 Å². The van der Waals surface area contributed by atoms with Crippen LogP contribution in [0.25, 0.3) is 0 Å². The fraction of sp³-hybridized carbons (Fsp3) is 0.136. The van der Waals surface area contributed by atoms with E-state index in [1.165, 1.54) is 52.8 Å². The van der Waals surface area contributed by atoms with Gasteiger partial charge in [-0.05, 0) is 66.2 Å². The van der Waals surface area contributed by atoms with E-state index >= 15 is 0 Å². The SMILES string of the molecule is CS(=O)(=O)N(Cc1ccc(F)cc1)c1ccc(OCC(=O)Nc2ccc(F)cc2)cc1. The molecule has 0 aliphatic carbocycles. The van der Waals surface area contributed by atoms with Crippen LogP contribution in [0, 0.1) is 11.6 Å². The monoisotopic (exact) mass is 446 g/mol. The molecule has 0 saturated carbocycles. The standard InChI is InChI=1S/C22H20F2N2O4S/c1-31(28,29)26(14-16-2-4-17(23)5-3-16)20-10-12-21(13-11-20)30-15-22(27)25-19-8-6-18(24)7-9-19/h2-13H,14-15H2,1H3,(H,25,27). The Balaban J connectivity index is 1.63. The van der Waals surface area contributed by atoms with E-state index in [2.05, 4.69) is 5.32 Å². The number of rotatable bonds is 8. The van der Waals surface area contributed by atoms with Gasteiger partial charge in [-0.1, -0.05) is 12.1 Å². The second-order valence-electron chi connectivity index (χ2n) is 6.73. The summed E-state index contributed by atoms with van der Waals surface area (Å²) in [5.41, 5.74) is 1.47. The lowest BCUT2D eigenvalue weighted by atomic mass is 10.2. The van der Waals surface area contributed by atoms with Gasteiger partial charge in [0.2, 0.25) is 10.0 Å². The molecule has 3 aromatic rings. The van der Waals surface area contributed by atoms with Gasteiger partial charge in [-0.25, -0.2) is 17.2 Å². The first-order valence-corrected chi connectivity index (χ1v) is 11.1. The van der Waals surface area contributed by atoms with Gasteiger partial charge in [-0.2, -0.15) is 0 Å². The minimum atomic E-state index is -3.59. The quantitative estimate of drug-likeness (QED) is 0.569. The first kappa shape index (κ1) is 22.2. The summed E-state index contributed by atoms with van der Waals surface area (Å²) in [5, 5.41) is 2.58. The molecule has 3 rings (SSSR count). The highest BCUT2D eigenvalue weighted by Crippen LogP contribution is 2.24. The minimum absolute atomic E-state index is 0.0411. The molecule has 0 unspecified atom stereocenters. The summed E-state index contributed by atoms with van der Waals surface area (Å²) in [4.78, 5) is 12.0. The number of ether oxygens (including phenoxy) is 1. The fourth-order valence-corrected chi connectivity index (χ4v) is 3.63. The number of sulfonamides is 1. The lowest BCUT2D eigenvalue weighted by Gasteiger charge is -2.22. The topological polar surface area (TPSA) is 75.7 Å². The van der Waals surface area contributed by atoms with Crippen LogP contribution in [0.5, 0.6) is 5.75 Å². The molecule has 1 amide bonds. The summed E-state index contributed by atoms with van der Waals surface area (Å²) in [6.45, 7) is -0.235. The number of hydrogen-bond donors (Lipinski definition) is 1. The molecule has 0 spiro atoms. The van der Waals surface area contributed by atoms with Crippen molar-refractivity contribution >= 4 is 27.3 Å². The molecule has 3 aromatic carbocycles. The highest BCUT2D eigenvalue weighted by Gasteiger charge is 2.18. The average molecular weight is 446 g/mol. The Morgan fingerprint density at radius 3 is 2.00 bits per heavy atom. The van der Waals surface area contributed by atoms with Gasteiger partial charge in [0, 0.05) is 5.69 Å². The second-order valence-corrected chi connectivity index (χ2v) is 8.64. The van der Waals surface area contributed by atoms with Gasteiger partial charge in [-0.3, -0.25) is 9.10 Å². The van der Waals surface area contributed by atoms with E-state index < -0.39 is 27.6 Å². The molecule has 0 bridgehead atoms. The van der Waals surface area contributed by atoms with Gasteiger partial charge in [0.25, 0.3) is 5.91 Å². The van der Waals surface area contributed by atoms with E-state index in [9.17, 15) is 22.0 Å². The Morgan fingerprint density at radius 1 is 0.903 bits per heavy atom. The van der Waals surface area contributed by atoms with Crippen LogP contribution in [-0.2, 0) is 21.4 Å². The van der Waals surface area contributed by atoms with Crippen molar-refractivity contribution < 1.29 is 26.7 Å². The molecule has 0 aliphatic heterocycles. The zero-order valence-corrected chi connectivity index (χ0v) is 17.4. The van der Waals surface area contributed by atoms with Crippen molar-refractivity contribution in [3.05, 3.63) is 90.0 Å². The maximum absolute atomic E-state index is 13.1. The van der Waals surface area contributed by atoms with E-state index in [0.717, 1.165) is 6.26 Å². The summed E-state index contributed by atoms with van der Waals surface area (Å²) in [6, 6.07) is 17.1. The predicted molar refractivity (Wildman–Crippen MR) is 114 cm³/mol. The molecule has 0 saturated heterocycles. The van der Waals surface area contributed by atoms with Crippen LogP contribution in [0.4, 0.5) is 20.2 Å². The smallest absolute Gasteiger partial charge is 0.262 e. The Labute approximate surface area is 179 Å². The molecule has 9 heteroatoms. The van der Waals surface area contributed by atoms with Crippen LogP contribution in [0.1, 0.15) is 5.56 Å². The molecular formula is C22H20F2N2O4S. The van der Waals surface area contributed by atoms with Crippen LogP contribution in [0.15, 0.2) is 72.8 Å². The lowest BCUT2D eigenvalue weighted by molar-refractivity contribution is -0.118. The van der Waals surface area contributed by atoms with Gasteiger partial charge in [-0.15, -0.1) is 0 Å². The first-order chi connectivity index (χ1) is 14.7. The van der Waals surface area contributed by atoms with E-state index in [1.807, 2.05) is 0 Å². The summed E-state index contributed by atoms with van der Waals surface area (Å²) in [5.74, 6) is -0.866. The van der Waals surface area contributed by atoms with Gasteiger partial charge in [0.05, 0.1) is 18.5 Å². The number of carbonyl (C=O) groups excluding carboxylic acids is 1. The van der Waals surface area contributed by atoms with E-state index in [4.69, 9.17) is 4.74 Å². The van der Waals surface area contributed by atoms with Gasteiger partial charge < -0.3 is 10.1 Å². The summed E-state index contributed by atoms with van der Waals surface area (Å²) in [6.07, 6.45) is 1.08. The predicted octanol–water partition coefficient (Wildman–Crippen LogP) is 3.95. The average Bonchev–Trinajstić information content (AvgIpc) is 2.73. The van der Waals surface area contributed by atoms with E-state index in [-0.39, 0.29) is 13.2 Å². The normalized spacial score (nSPS) is 11.1. The van der Waals surface area contributed by atoms with Crippen LogP contribution in [-0.4, -0.2) is 27.2 Å². The molecule has 1 N–H and O–H groups in total. The number of benzene rings is 3. The Hall–Kier alpha value is -3.46. The summed E-state index contributed by atoms with van der Waals surface area (Å²) < 4.78 is 57.1. The van der Waals surface area contributed by atoms with E-state index in [0.29, 0.717) is 22.7 Å². The number of halogens is 2. The third kappa shape index (κ3) is 6.51. The molecule has 162 valence electrons. The zero-order valence-electron chi connectivity index (χ0n) is 16.6. The minimum Gasteiger partial charge on any atom is -0.484 e. The number of hydrogen-bond acceptors (Lipinski definition) is 4. The molecule has 0 aromatic heterocycles. The highest BCUT2D eigenvalue weighted by molar-refractivity contribution is 7.92. The fourth-order valence-electron chi connectivity index (χ4n) is 2.74. The molecule has 31 heavy (non-hydrogen) atoms. The number of anilines is 2. The van der Waals surface area contributed by atoms with Crippen molar-refractivity contribution in [2.45, 2.75) is 6.54 Å². The van der Waals surface area contributed by atoms with Crippen molar-refractivity contribution in [3.63, 3.8) is 0 Å². The molecule has 0 aliphatic rings. The van der Waals surface area contributed by atoms with Crippen molar-refractivity contribution in [2.24, 2.45) is 0 Å². The van der Waals surface area contributed by atoms with Crippen molar-refractivity contribution in [1.29, 1.82) is 0 Å². The van der Waals surface area contributed by atoms with Crippen LogP contribution < -0.4 is 14.4 Å².